The van der Waals surface area contributed by atoms with Crippen LogP contribution in [0.3, 0.4) is 0 Å². The van der Waals surface area contributed by atoms with Gasteiger partial charge in [0.05, 0.1) is 12.7 Å². The third kappa shape index (κ3) is 35.6. The van der Waals surface area contributed by atoms with Crippen molar-refractivity contribution < 1.29 is 15.0 Å². The van der Waals surface area contributed by atoms with Crippen LogP contribution in [0.1, 0.15) is 219 Å². The summed E-state index contributed by atoms with van der Waals surface area (Å²) in [6.45, 7) is 2.84. The molecular formula is C38H77NO3. The molecule has 0 aliphatic carbocycles. The molecule has 0 bridgehead atoms. The molecule has 1 amide bonds. The van der Waals surface area contributed by atoms with Crippen LogP contribution in [0.5, 0.6) is 0 Å². The highest BCUT2D eigenvalue weighted by Crippen LogP contribution is 2.16. The van der Waals surface area contributed by atoms with E-state index in [1.54, 1.807) is 0 Å². The molecule has 0 radical (unpaired) electrons. The molecule has 4 nitrogen and oxygen atoms in total. The van der Waals surface area contributed by atoms with Gasteiger partial charge in [-0.15, -0.1) is 0 Å². The molecular weight excluding hydrogens is 518 g/mol. The summed E-state index contributed by atoms with van der Waals surface area (Å²) in [5, 5.41) is 21.0. The van der Waals surface area contributed by atoms with Crippen molar-refractivity contribution in [3.63, 3.8) is 0 Å². The second-order valence-electron chi connectivity index (χ2n) is 13.3. The molecule has 4 heteroatoms. The lowest BCUT2D eigenvalue weighted by atomic mass is 10.0. The summed E-state index contributed by atoms with van der Waals surface area (Å²) in [7, 11) is 0. The van der Waals surface area contributed by atoms with Crippen LogP contribution in [-0.4, -0.2) is 35.4 Å². The second kappa shape index (κ2) is 36.6. The Morgan fingerprint density at radius 1 is 0.476 bits per heavy atom. The highest BCUT2D eigenvalue weighted by atomic mass is 16.3. The minimum absolute atomic E-state index is 0.0653. The Balaban J connectivity index is 3.10. The molecule has 0 unspecified atom stereocenters. The van der Waals surface area contributed by atoms with E-state index < -0.39 is 6.10 Å². The van der Waals surface area contributed by atoms with Crippen LogP contribution < -0.4 is 5.32 Å². The van der Waals surface area contributed by atoms with Gasteiger partial charge in [-0.25, -0.2) is 0 Å². The highest BCUT2D eigenvalue weighted by molar-refractivity contribution is 5.75. The van der Waals surface area contributed by atoms with Gasteiger partial charge in [0.1, 0.15) is 0 Å². The van der Waals surface area contributed by atoms with Crippen molar-refractivity contribution in [2.24, 2.45) is 0 Å². The summed E-state index contributed by atoms with van der Waals surface area (Å²) >= 11 is 0. The maximum Gasteiger partial charge on any atom is 0.219 e. The topological polar surface area (TPSA) is 69.6 Å². The molecule has 0 aliphatic rings. The maximum absolute atomic E-state index is 11.7. The Bertz CT molecular complexity index is 513. The van der Waals surface area contributed by atoms with Gasteiger partial charge >= 0.3 is 0 Å². The zero-order valence-electron chi connectivity index (χ0n) is 28.6. The Labute approximate surface area is 264 Å². The molecule has 0 aromatic rings. The van der Waals surface area contributed by atoms with Crippen molar-refractivity contribution in [3.05, 3.63) is 0 Å². The predicted molar refractivity (Wildman–Crippen MR) is 184 cm³/mol. The third-order valence-corrected chi connectivity index (χ3v) is 9.00. The van der Waals surface area contributed by atoms with Crippen LogP contribution in [0, 0.1) is 0 Å². The van der Waals surface area contributed by atoms with Gasteiger partial charge in [-0.05, 0) is 19.3 Å². The average molecular weight is 596 g/mol. The molecule has 0 rings (SSSR count). The molecule has 42 heavy (non-hydrogen) atoms. The number of unbranched alkanes of at least 4 members (excludes halogenated alkanes) is 29. The molecule has 0 aromatic heterocycles. The van der Waals surface area contributed by atoms with Gasteiger partial charge in [-0.1, -0.05) is 193 Å². The van der Waals surface area contributed by atoms with Crippen LogP contribution in [0.15, 0.2) is 0 Å². The van der Waals surface area contributed by atoms with Crippen molar-refractivity contribution >= 4 is 5.91 Å². The second-order valence-corrected chi connectivity index (χ2v) is 13.3. The Hall–Kier alpha value is -0.610. The number of amides is 1. The lowest BCUT2D eigenvalue weighted by Crippen LogP contribution is -2.24. The maximum atomic E-state index is 11.7. The first-order chi connectivity index (χ1) is 20.7. The van der Waals surface area contributed by atoms with E-state index in [1.165, 1.54) is 186 Å². The van der Waals surface area contributed by atoms with Gasteiger partial charge in [0.15, 0.2) is 0 Å². The van der Waals surface area contributed by atoms with Gasteiger partial charge < -0.3 is 15.5 Å². The van der Waals surface area contributed by atoms with E-state index in [2.05, 4.69) is 12.2 Å². The van der Waals surface area contributed by atoms with Crippen molar-refractivity contribution in [1.82, 2.24) is 5.32 Å². The summed E-state index contributed by atoms with van der Waals surface area (Å²) in [5.41, 5.74) is 0. The predicted octanol–water partition coefficient (Wildman–Crippen LogP) is 11.3. The fourth-order valence-corrected chi connectivity index (χ4v) is 6.05. The lowest BCUT2D eigenvalue weighted by Gasteiger charge is -2.07. The molecule has 3 N–H and O–H groups in total. The van der Waals surface area contributed by atoms with E-state index in [-0.39, 0.29) is 12.5 Å². The van der Waals surface area contributed by atoms with E-state index in [0.29, 0.717) is 19.3 Å². The third-order valence-electron chi connectivity index (χ3n) is 9.00. The molecule has 1 atom stereocenters. The van der Waals surface area contributed by atoms with E-state index in [1.807, 2.05) is 0 Å². The zero-order chi connectivity index (χ0) is 30.6. The zero-order valence-corrected chi connectivity index (χ0v) is 28.6. The number of aliphatic hydroxyl groups is 2. The molecule has 0 fully saturated rings. The molecule has 0 aromatic carbocycles. The first-order valence-electron chi connectivity index (χ1n) is 19.3. The van der Waals surface area contributed by atoms with Crippen LogP contribution in [-0.2, 0) is 4.79 Å². The Kier molecular flexibility index (Phi) is 36.0. The molecule has 0 aliphatic heterocycles. The minimum Gasteiger partial charge on any atom is -0.394 e. The number of rotatable bonds is 36. The SMILES string of the molecule is CCCCCCCCCCCCCCCCCCCCCCCCCCCCCCCCNC(=O)CCC[C@H](O)CO. The van der Waals surface area contributed by atoms with E-state index >= 15 is 0 Å². The van der Waals surface area contributed by atoms with Gasteiger partial charge in [-0.2, -0.15) is 0 Å². The van der Waals surface area contributed by atoms with E-state index in [4.69, 9.17) is 5.11 Å². The Morgan fingerprint density at radius 3 is 1.05 bits per heavy atom. The van der Waals surface area contributed by atoms with E-state index in [0.717, 1.165) is 13.0 Å². The summed E-state index contributed by atoms with van der Waals surface area (Å²) in [6.07, 6.45) is 43.3. The molecule has 0 saturated carbocycles. The fourth-order valence-electron chi connectivity index (χ4n) is 6.05. The quantitative estimate of drug-likeness (QED) is 0.0631. The Morgan fingerprint density at radius 2 is 0.762 bits per heavy atom. The average Bonchev–Trinajstić information content (AvgIpc) is 2.99. The lowest BCUT2D eigenvalue weighted by molar-refractivity contribution is -0.121. The highest BCUT2D eigenvalue weighted by Gasteiger charge is 2.05. The van der Waals surface area contributed by atoms with Gasteiger partial charge in [0, 0.05) is 13.0 Å². The normalized spacial score (nSPS) is 12.2. The standard InChI is InChI=1S/C38H77NO3/c1-2-3-4-5-6-7-8-9-10-11-12-13-14-15-16-17-18-19-20-21-22-23-24-25-26-27-28-29-30-31-35-39-38(42)34-32-33-37(41)36-40/h37,40-41H,2-36H2,1H3,(H,39,42)/t37-/m0/s1. The summed E-state index contributed by atoms with van der Waals surface area (Å²) < 4.78 is 0. The summed E-state index contributed by atoms with van der Waals surface area (Å²) in [4.78, 5) is 11.7. The number of hydrogen-bond acceptors (Lipinski definition) is 3. The number of hydrogen-bond donors (Lipinski definition) is 3. The molecule has 252 valence electrons. The van der Waals surface area contributed by atoms with Gasteiger partial charge in [0.25, 0.3) is 0 Å². The van der Waals surface area contributed by atoms with Crippen LogP contribution in [0.2, 0.25) is 0 Å². The van der Waals surface area contributed by atoms with Gasteiger partial charge in [0.2, 0.25) is 5.91 Å². The number of carbonyl (C=O) groups is 1. The first kappa shape index (κ1) is 41.4. The van der Waals surface area contributed by atoms with Crippen LogP contribution >= 0.6 is 0 Å². The number of nitrogens with one attached hydrogen (secondary N) is 1. The molecule has 0 spiro atoms. The van der Waals surface area contributed by atoms with Crippen molar-refractivity contribution in [2.45, 2.75) is 225 Å². The largest absolute Gasteiger partial charge is 0.394 e. The van der Waals surface area contributed by atoms with Crippen molar-refractivity contribution in [3.8, 4) is 0 Å². The summed E-state index contributed by atoms with van der Waals surface area (Å²) in [5.74, 6) is 0.0653. The molecule has 0 heterocycles. The molecule has 0 saturated heterocycles. The van der Waals surface area contributed by atoms with Crippen molar-refractivity contribution in [1.29, 1.82) is 0 Å². The smallest absolute Gasteiger partial charge is 0.219 e. The van der Waals surface area contributed by atoms with E-state index in [9.17, 15) is 9.90 Å². The monoisotopic (exact) mass is 596 g/mol. The summed E-state index contributed by atoms with van der Waals surface area (Å²) in [6, 6.07) is 0. The first-order valence-corrected chi connectivity index (χ1v) is 19.3. The number of carbonyl (C=O) groups excluding carboxylic acids is 1. The number of aliphatic hydroxyl groups excluding tert-OH is 2. The fraction of sp³-hybridized carbons (Fsp3) is 0.974. The van der Waals surface area contributed by atoms with Crippen LogP contribution in [0.25, 0.3) is 0 Å². The van der Waals surface area contributed by atoms with Gasteiger partial charge in [-0.3, -0.25) is 4.79 Å². The van der Waals surface area contributed by atoms with Crippen LogP contribution in [0.4, 0.5) is 0 Å². The van der Waals surface area contributed by atoms with Crippen molar-refractivity contribution in [2.75, 3.05) is 13.2 Å². The minimum atomic E-state index is -0.689.